The molecule has 0 heterocycles. The molecule has 1 unspecified atom stereocenters. The molecule has 0 radical (unpaired) electrons. The number of carbonyl (C=O) groups excluding carboxylic acids is 3. The van der Waals surface area contributed by atoms with E-state index in [1.54, 1.807) is 20.8 Å². The van der Waals surface area contributed by atoms with E-state index in [4.69, 9.17) is 4.74 Å². The van der Waals surface area contributed by atoms with Crippen molar-refractivity contribution in [3.8, 4) is 0 Å². The van der Waals surface area contributed by atoms with Crippen molar-refractivity contribution in [3.05, 3.63) is 71.3 Å². The van der Waals surface area contributed by atoms with Crippen LogP contribution < -0.4 is 16.0 Å². The van der Waals surface area contributed by atoms with Crippen LogP contribution in [-0.4, -0.2) is 52.2 Å². The molecular formula is C30H39N3O6. The molecule has 0 spiro atoms. The zero-order valence-electron chi connectivity index (χ0n) is 23.2. The zero-order chi connectivity index (χ0) is 28.8. The van der Waals surface area contributed by atoms with Crippen LogP contribution in [0.3, 0.4) is 0 Å². The predicted octanol–water partition coefficient (Wildman–Crippen LogP) is 3.39. The molecule has 39 heavy (non-hydrogen) atoms. The number of nitrogens with one attached hydrogen (secondary N) is 3. The lowest BCUT2D eigenvalue weighted by atomic mass is 9.93. The van der Waals surface area contributed by atoms with Gasteiger partial charge in [0.2, 0.25) is 11.8 Å². The normalized spacial score (nSPS) is 15.5. The van der Waals surface area contributed by atoms with E-state index < -0.39 is 47.1 Å². The fraction of sp³-hybridized carbons (Fsp3) is 0.467. The molecule has 0 aromatic heterocycles. The van der Waals surface area contributed by atoms with E-state index in [1.165, 1.54) is 0 Å². The molecule has 3 amide bonds. The van der Waals surface area contributed by atoms with Gasteiger partial charge < -0.3 is 25.8 Å². The summed E-state index contributed by atoms with van der Waals surface area (Å²) in [6.07, 6.45) is 0.0873. The standard InChI is InChI=1S/C30H39N3O6/c1-19(2)15-24(26(35)36)31-25(34)23(16-20-11-7-6-8-12-20)32-27(37)30(33-28(38)39-29(3,4)5)17-21-13-9-10-14-22(21)18-30/h6-14,19,23-24H,15-18H2,1-5H3,(H,31,34)(H,32,37)(H,33,38)(H,35,36)/t23-,24?/m1/s1. The molecule has 2 aromatic rings. The lowest BCUT2D eigenvalue weighted by Crippen LogP contribution is -2.64. The average Bonchev–Trinajstić information content (AvgIpc) is 3.21. The number of rotatable bonds is 10. The van der Waals surface area contributed by atoms with Gasteiger partial charge in [0, 0.05) is 19.3 Å². The van der Waals surface area contributed by atoms with E-state index in [-0.39, 0.29) is 31.6 Å². The maximum absolute atomic E-state index is 14.0. The molecule has 0 bridgehead atoms. The summed E-state index contributed by atoms with van der Waals surface area (Å²) in [6.45, 7) is 8.95. The smallest absolute Gasteiger partial charge is 0.408 e. The molecule has 9 heteroatoms. The van der Waals surface area contributed by atoms with Crippen LogP contribution in [0.25, 0.3) is 0 Å². The quantitative estimate of drug-likeness (QED) is 0.367. The molecule has 4 N–H and O–H groups in total. The highest BCUT2D eigenvalue weighted by Gasteiger charge is 2.47. The van der Waals surface area contributed by atoms with Gasteiger partial charge in [-0.05, 0) is 49.8 Å². The van der Waals surface area contributed by atoms with E-state index in [0.29, 0.717) is 0 Å². The van der Waals surface area contributed by atoms with Crippen molar-refractivity contribution >= 4 is 23.9 Å². The second-order valence-corrected chi connectivity index (χ2v) is 11.6. The average molecular weight is 538 g/mol. The molecule has 9 nitrogen and oxygen atoms in total. The zero-order valence-corrected chi connectivity index (χ0v) is 23.2. The predicted molar refractivity (Wildman–Crippen MR) is 147 cm³/mol. The summed E-state index contributed by atoms with van der Waals surface area (Å²) in [6, 6.07) is 14.5. The second-order valence-electron chi connectivity index (χ2n) is 11.6. The first kappa shape index (κ1) is 29.7. The molecule has 2 aromatic carbocycles. The Bertz CT molecular complexity index is 1160. The van der Waals surface area contributed by atoms with Crippen LogP contribution in [0.2, 0.25) is 0 Å². The monoisotopic (exact) mass is 537 g/mol. The van der Waals surface area contributed by atoms with Crippen LogP contribution in [0.15, 0.2) is 54.6 Å². The molecule has 0 saturated carbocycles. The molecule has 1 aliphatic rings. The highest BCUT2D eigenvalue weighted by molar-refractivity contribution is 5.96. The van der Waals surface area contributed by atoms with Crippen molar-refractivity contribution in [1.29, 1.82) is 0 Å². The van der Waals surface area contributed by atoms with Crippen molar-refractivity contribution in [2.24, 2.45) is 5.92 Å². The van der Waals surface area contributed by atoms with Gasteiger partial charge in [0.05, 0.1) is 0 Å². The van der Waals surface area contributed by atoms with Gasteiger partial charge in [-0.2, -0.15) is 0 Å². The third-order valence-electron chi connectivity index (χ3n) is 6.50. The minimum atomic E-state index is -1.38. The summed E-state index contributed by atoms with van der Waals surface area (Å²) in [4.78, 5) is 52.1. The molecular weight excluding hydrogens is 498 g/mol. The van der Waals surface area contributed by atoms with Crippen LogP contribution in [0.1, 0.15) is 57.7 Å². The second kappa shape index (κ2) is 12.3. The Labute approximate surface area is 229 Å². The van der Waals surface area contributed by atoms with Gasteiger partial charge in [-0.3, -0.25) is 9.59 Å². The van der Waals surface area contributed by atoms with Gasteiger partial charge in [-0.15, -0.1) is 0 Å². The summed E-state index contributed by atoms with van der Waals surface area (Å²) in [5.41, 5.74) is 0.458. The number of aliphatic carboxylic acids is 1. The number of alkyl carbamates (subject to hydrolysis) is 1. The fourth-order valence-electron chi connectivity index (χ4n) is 4.74. The van der Waals surface area contributed by atoms with Crippen LogP contribution >= 0.6 is 0 Å². The van der Waals surface area contributed by atoms with E-state index in [0.717, 1.165) is 16.7 Å². The number of carboxylic acid groups (broad SMARTS) is 1. The Morgan fingerprint density at radius 1 is 0.897 bits per heavy atom. The number of amides is 3. The van der Waals surface area contributed by atoms with E-state index in [9.17, 15) is 24.3 Å². The van der Waals surface area contributed by atoms with Gasteiger partial charge in [0.25, 0.3) is 0 Å². The number of fused-ring (bicyclic) bond motifs is 1. The first-order valence-electron chi connectivity index (χ1n) is 13.2. The summed E-state index contributed by atoms with van der Waals surface area (Å²) < 4.78 is 5.46. The van der Waals surface area contributed by atoms with Gasteiger partial charge in [-0.1, -0.05) is 68.4 Å². The van der Waals surface area contributed by atoms with Crippen molar-refractivity contribution in [2.75, 3.05) is 0 Å². The summed E-state index contributed by atoms with van der Waals surface area (Å²) >= 11 is 0. The maximum atomic E-state index is 14.0. The lowest BCUT2D eigenvalue weighted by molar-refractivity contribution is -0.142. The SMILES string of the molecule is CC(C)CC(NC(=O)[C@@H](Cc1ccccc1)NC(=O)C1(NC(=O)OC(C)(C)C)Cc2ccccc2C1)C(=O)O. The molecule has 210 valence electrons. The number of hydrogen-bond acceptors (Lipinski definition) is 5. The van der Waals surface area contributed by atoms with Gasteiger partial charge in [0.1, 0.15) is 23.2 Å². The molecule has 2 atom stereocenters. The largest absolute Gasteiger partial charge is 0.480 e. The van der Waals surface area contributed by atoms with Crippen LogP contribution in [0, 0.1) is 5.92 Å². The number of ether oxygens (including phenoxy) is 1. The third-order valence-corrected chi connectivity index (χ3v) is 6.50. The topological polar surface area (TPSA) is 134 Å². The van der Waals surface area contributed by atoms with Crippen molar-refractivity contribution in [1.82, 2.24) is 16.0 Å². The molecule has 0 saturated heterocycles. The maximum Gasteiger partial charge on any atom is 0.408 e. The minimum Gasteiger partial charge on any atom is -0.480 e. The Kier molecular flexibility index (Phi) is 9.37. The number of carboxylic acids is 1. The Morgan fingerprint density at radius 2 is 1.46 bits per heavy atom. The van der Waals surface area contributed by atoms with E-state index in [2.05, 4.69) is 16.0 Å². The highest BCUT2D eigenvalue weighted by atomic mass is 16.6. The lowest BCUT2D eigenvalue weighted by Gasteiger charge is -2.32. The molecule has 3 rings (SSSR count). The van der Waals surface area contributed by atoms with Gasteiger partial charge >= 0.3 is 12.1 Å². The van der Waals surface area contributed by atoms with Crippen molar-refractivity contribution in [3.63, 3.8) is 0 Å². The Morgan fingerprint density at radius 3 is 1.97 bits per heavy atom. The van der Waals surface area contributed by atoms with Crippen LogP contribution in [-0.2, 0) is 38.4 Å². The highest BCUT2D eigenvalue weighted by Crippen LogP contribution is 2.31. The number of hydrogen-bond donors (Lipinski definition) is 4. The van der Waals surface area contributed by atoms with Crippen molar-refractivity contribution < 1.29 is 29.0 Å². The number of benzene rings is 2. The van der Waals surface area contributed by atoms with Gasteiger partial charge in [0.15, 0.2) is 0 Å². The Balaban J connectivity index is 1.90. The summed E-state index contributed by atoms with van der Waals surface area (Å²) in [5, 5.41) is 17.9. The molecule has 1 aliphatic carbocycles. The minimum absolute atomic E-state index is 0.0341. The first-order valence-corrected chi connectivity index (χ1v) is 13.2. The van der Waals surface area contributed by atoms with E-state index in [1.807, 2.05) is 68.4 Å². The summed E-state index contributed by atoms with van der Waals surface area (Å²) in [5.74, 6) is -2.26. The van der Waals surface area contributed by atoms with Crippen LogP contribution in [0.4, 0.5) is 4.79 Å². The fourth-order valence-corrected chi connectivity index (χ4v) is 4.74. The summed E-state index contributed by atoms with van der Waals surface area (Å²) in [7, 11) is 0. The third kappa shape index (κ3) is 8.30. The van der Waals surface area contributed by atoms with Crippen molar-refractivity contribution in [2.45, 2.75) is 83.5 Å². The molecule has 0 aliphatic heterocycles. The Hall–Kier alpha value is -3.88. The van der Waals surface area contributed by atoms with Gasteiger partial charge in [-0.25, -0.2) is 9.59 Å². The van der Waals surface area contributed by atoms with E-state index >= 15 is 0 Å². The number of carbonyl (C=O) groups is 4. The van der Waals surface area contributed by atoms with Crippen LogP contribution in [0.5, 0.6) is 0 Å². The molecule has 0 fully saturated rings. The first-order chi connectivity index (χ1) is 18.3.